The van der Waals surface area contributed by atoms with Crippen LogP contribution in [0.15, 0.2) is 200 Å². The average Bonchev–Trinajstić information content (AvgIpc) is 1.19. The summed E-state index contributed by atoms with van der Waals surface area (Å²) in [5.74, 6) is 3.61. The molecule has 0 amide bonds. The van der Waals surface area contributed by atoms with Gasteiger partial charge in [0.2, 0.25) is 0 Å². The van der Waals surface area contributed by atoms with Crippen LogP contribution >= 0.6 is 0 Å². The van der Waals surface area contributed by atoms with E-state index in [1.165, 1.54) is 75.0 Å². The molecule has 1 unspecified atom stereocenters. The molecule has 4 aromatic carbocycles. The van der Waals surface area contributed by atoms with Crippen molar-refractivity contribution < 1.29 is 130 Å². The molecule has 42 heteroatoms. The van der Waals surface area contributed by atoms with Crippen LogP contribution in [0.3, 0.4) is 0 Å². The van der Waals surface area contributed by atoms with Gasteiger partial charge in [0, 0.05) is 117 Å². The molecule has 4 aromatic heterocycles. The number of unbranched alkanes of at least 4 members (excludes halogenated alkanes) is 11. The van der Waals surface area contributed by atoms with Crippen molar-refractivity contribution >= 4 is 102 Å². The maximum absolute atomic E-state index is 10.7. The maximum Gasteiger partial charge on any atom is 0.500 e. The molecule has 0 saturated carbocycles. The number of rotatable bonds is 56. The molecule has 0 radical (unpaired) electrons. The standard InChI is InChI=1S/C39H66N11O8Si4.C21H35N4O3Si.C15H28O2.C12H15N4O.4ClH/c1-47-26-27-48(2)38(47)45-43-36-17-15-34(16-18-36)14-9-10-30-60(53-7,55-59(51-5,52-6)31-11-23-40)56-62(32-12-24-41)57-61(54-8,58-62)33-13-25-42-35-19-21-37(22-20-35)44-46-39-49(3)28-29-50(39)4;1-6-26-29(27-7-2,28-8-3)18-10-9-11-19-12-14-20(15-13-19)22-23-21-24(4)16-17-25(21)5;1-3-5-6-7-8-9-10-11-12-13-14-17-15(16)4-2;1-15-8-9-16(2)12(15)14-13-10-4-6-11(17-3)7-5-10;;;;/h15-22,26-29H,9-14,23-25,30-33,40-41H2,1-8H3;12-17H,6-11,18H2,1-5H3;4H,2-3,5-14H2,1H3;4-9H,1-3H3;4*1H/q2*+1;;+1;;;;/p-3. The van der Waals surface area contributed by atoms with Crippen molar-refractivity contribution in [3.8, 4) is 5.75 Å². The third-order valence-electron chi connectivity index (χ3n) is 20.7. The Morgan fingerprint density at radius 3 is 1.16 bits per heavy atom. The normalized spacial score (nSPS) is 14.7. The van der Waals surface area contributed by atoms with Crippen LogP contribution < -0.4 is 89.4 Å². The molecule has 720 valence electrons. The van der Waals surface area contributed by atoms with Crippen LogP contribution in [0.2, 0.25) is 30.2 Å². The number of anilines is 1. The summed E-state index contributed by atoms with van der Waals surface area (Å²) in [6, 6.07) is 34.6. The van der Waals surface area contributed by atoms with Crippen molar-refractivity contribution in [1.29, 1.82) is 0 Å². The number of hydrogen-bond donors (Lipinski definition) is 3. The number of halogens is 4. The van der Waals surface area contributed by atoms with Gasteiger partial charge in [-0.3, -0.25) is 0 Å². The van der Waals surface area contributed by atoms with Gasteiger partial charge < -0.3 is 123 Å². The Kier molecular flexibility index (Phi) is 58.9. The quantitative estimate of drug-likeness (QED) is 0.0108. The smallest absolute Gasteiger partial charge is 0.500 e. The van der Waals surface area contributed by atoms with Gasteiger partial charge in [-0.1, -0.05) is 116 Å². The van der Waals surface area contributed by atoms with Crippen molar-refractivity contribution in [2.45, 2.75) is 180 Å². The molecule has 1 aliphatic rings. The van der Waals surface area contributed by atoms with Crippen LogP contribution in [0.5, 0.6) is 5.75 Å². The molecule has 1 saturated heterocycles. The van der Waals surface area contributed by atoms with E-state index in [2.05, 4.69) is 84.0 Å². The lowest BCUT2D eigenvalue weighted by molar-refractivity contribution is -0.657. The Bertz CT molecular complexity index is 4400. The van der Waals surface area contributed by atoms with E-state index >= 15 is 0 Å². The van der Waals surface area contributed by atoms with Gasteiger partial charge in [-0.25, -0.2) is 41.3 Å². The Balaban J connectivity index is 0.000000688. The third kappa shape index (κ3) is 41.0. The highest BCUT2D eigenvalue weighted by Crippen LogP contribution is 2.43. The molecule has 8 aromatic rings. The van der Waals surface area contributed by atoms with Crippen LogP contribution in [0, 0.1) is 0 Å². The number of aromatic nitrogens is 8. The largest absolute Gasteiger partial charge is 1.00 e. The fourth-order valence-corrected chi connectivity index (χ4v) is 34.3. The first-order valence-corrected chi connectivity index (χ1v) is 53.6. The lowest BCUT2D eigenvalue weighted by Gasteiger charge is -2.52. The monoisotopic (exact) mass is 1960 g/mol. The summed E-state index contributed by atoms with van der Waals surface area (Å²) in [6.45, 7) is 15.6. The first kappa shape index (κ1) is 118. The summed E-state index contributed by atoms with van der Waals surface area (Å²) in [7, 11) is 7.80. The highest BCUT2D eigenvalue weighted by molar-refractivity contribution is 6.92. The minimum Gasteiger partial charge on any atom is -1.00 e. The number of imidazole rings is 4. The van der Waals surface area contributed by atoms with E-state index in [4.69, 9.17) is 68.4 Å². The zero-order chi connectivity index (χ0) is 90.8. The first-order chi connectivity index (χ1) is 60.4. The zero-order valence-electron chi connectivity index (χ0n) is 79.1. The molecule has 1 aliphatic heterocycles. The number of aryl methyl sites for hydroxylation is 10. The van der Waals surface area contributed by atoms with Gasteiger partial charge in [0.15, 0.2) is 0 Å². The summed E-state index contributed by atoms with van der Waals surface area (Å²) < 4.78 is 95.2. The minimum atomic E-state index is -3.59. The van der Waals surface area contributed by atoms with E-state index in [1.807, 2.05) is 236 Å². The number of hydrogen-bond acceptors (Lipinski definition) is 25. The van der Waals surface area contributed by atoms with Gasteiger partial charge in [0.05, 0.1) is 120 Å². The van der Waals surface area contributed by atoms with E-state index in [0.29, 0.717) is 83.1 Å². The lowest BCUT2D eigenvalue weighted by Crippen LogP contribution is -3.00. The maximum atomic E-state index is 10.7. The van der Waals surface area contributed by atoms with Crippen LogP contribution in [0.25, 0.3) is 0 Å². The highest BCUT2D eigenvalue weighted by atomic mass is 35.5. The number of nitrogens with one attached hydrogen (secondary N) is 1. The first-order valence-electron chi connectivity index (χ1n) is 43.9. The van der Waals surface area contributed by atoms with E-state index < -0.39 is 44.0 Å². The number of ether oxygens (including phenoxy) is 2. The topological polar surface area (TPSA) is 335 Å². The summed E-state index contributed by atoms with van der Waals surface area (Å²) in [5, 5.41) is 38.1. The summed E-state index contributed by atoms with van der Waals surface area (Å²) in [5.41, 5.74) is 18.6. The van der Waals surface area contributed by atoms with Crippen molar-refractivity contribution in [3.05, 3.63) is 170 Å². The number of benzene rings is 4. The van der Waals surface area contributed by atoms with Crippen molar-refractivity contribution in [2.24, 2.45) is 109 Å². The Morgan fingerprint density at radius 1 is 0.450 bits per heavy atom. The summed E-state index contributed by atoms with van der Waals surface area (Å²) in [4.78, 5) is 10.7. The molecule has 1 atom stereocenters. The molecular formula is C87H145Cl4N19O14Si5. The number of carbonyl (C=O) groups excluding carboxylic acids is 1. The average molecular weight is 1960 g/mol. The Labute approximate surface area is 796 Å². The van der Waals surface area contributed by atoms with Crippen LogP contribution in [0.1, 0.15) is 148 Å². The number of methoxy groups -OCH3 is 1. The van der Waals surface area contributed by atoms with Gasteiger partial charge in [0.25, 0.3) is 0 Å². The fourth-order valence-electron chi connectivity index (χ4n) is 13.6. The molecule has 0 aliphatic carbocycles. The van der Waals surface area contributed by atoms with Crippen LogP contribution in [-0.2, 0) is 126 Å². The third-order valence-corrected chi connectivity index (χ3v) is 40.1. The molecule has 5 N–H and O–H groups in total. The highest BCUT2D eigenvalue weighted by Gasteiger charge is 2.70. The van der Waals surface area contributed by atoms with Gasteiger partial charge in [-0.05, 0) is 182 Å². The molecule has 0 bridgehead atoms. The van der Waals surface area contributed by atoms with E-state index in [9.17, 15) is 4.79 Å². The van der Waals surface area contributed by atoms with Crippen molar-refractivity contribution in [1.82, 2.24) is 18.3 Å². The molecular weight excluding hydrogens is 1820 g/mol. The summed E-state index contributed by atoms with van der Waals surface area (Å²) in [6.07, 6.45) is 37.3. The molecule has 1 fully saturated rings. The number of esters is 1. The second kappa shape index (κ2) is 64.5. The molecule has 0 spiro atoms. The molecule has 5 heterocycles. The SMILES string of the molecule is C=CC(=O)OCCCCCCCCCCCC.CCO[Si](CCCCc1ccc(N=Nc2n(C)cc[n+]2C)cc1)(OCC)OCC.CO[Si](CCCN)(OC)O[Si](CCCCc1ccc(N=Nc2n(C)cc[n+]2C)cc1)(OC)O[Si]1(CCCN)O[Si](CCCNc2ccc(N=Nc3n(C)cc[n+]3C)cc2)(OC)O1.COc1ccc(N=Nc2n(C)cc[n+]2C)cc1.[Cl-].[Cl-].[Cl-].[Cl-]. The van der Waals surface area contributed by atoms with Crippen LogP contribution in [-0.4, -0.2) is 150 Å². The fraction of sp³-hybridized carbons (Fsp3) is 0.552. The number of azo groups is 4. The number of nitrogens with zero attached hydrogens (tertiary/aromatic N) is 16. The predicted octanol–water partition coefficient (Wildman–Crippen LogP) is 5.35. The van der Waals surface area contributed by atoms with Gasteiger partial charge in [0.1, 0.15) is 28.5 Å². The van der Waals surface area contributed by atoms with Gasteiger partial charge >= 0.3 is 73.8 Å². The molecule has 33 nitrogen and oxygen atoms in total. The Morgan fingerprint density at radius 2 is 0.814 bits per heavy atom. The second-order valence-corrected chi connectivity index (χ2v) is 45.5. The number of carbonyl (C=O) groups is 1. The van der Waals surface area contributed by atoms with E-state index in [0.717, 1.165) is 115 Å². The molecule has 9 rings (SSSR count). The van der Waals surface area contributed by atoms with Crippen molar-refractivity contribution in [3.63, 3.8) is 0 Å². The van der Waals surface area contributed by atoms with Gasteiger partial charge in [-0.2, -0.15) is 0 Å². The van der Waals surface area contributed by atoms with Crippen LogP contribution in [0.4, 0.5) is 52.2 Å². The minimum absolute atomic E-state index is 0. The lowest BCUT2D eigenvalue weighted by atomic mass is 10.1. The Hall–Kier alpha value is -7.35. The molecule has 129 heavy (non-hydrogen) atoms. The van der Waals surface area contributed by atoms with E-state index in [1.54, 1.807) is 35.5 Å². The summed E-state index contributed by atoms with van der Waals surface area (Å²) >= 11 is 0. The second-order valence-electron chi connectivity index (χ2n) is 30.4. The zero-order valence-corrected chi connectivity index (χ0v) is 87.1. The van der Waals surface area contributed by atoms with Crippen molar-refractivity contribution in [2.75, 3.05) is 86.9 Å². The van der Waals surface area contributed by atoms with E-state index in [-0.39, 0.29) is 55.6 Å². The number of nitrogens with two attached hydrogens (primary N) is 2. The predicted molar refractivity (Wildman–Crippen MR) is 495 cm³/mol. The van der Waals surface area contributed by atoms with Gasteiger partial charge in [-0.15, -0.1) is 0 Å².